The lowest BCUT2D eigenvalue weighted by molar-refractivity contribution is 0.0956. The highest BCUT2D eigenvalue weighted by Gasteiger charge is 2.14. The fourth-order valence-corrected chi connectivity index (χ4v) is 4.05. The molecular formula is C31H33N3O3. The van der Waals surface area contributed by atoms with Gasteiger partial charge in [-0.3, -0.25) is 4.79 Å². The summed E-state index contributed by atoms with van der Waals surface area (Å²) in [6, 6.07) is 23.4. The van der Waals surface area contributed by atoms with E-state index in [1.54, 1.807) is 13.3 Å². The minimum Gasteiger partial charge on any atom is -0.493 e. The SMILES string of the molecule is CCCOc1ccc(/C=N\NC(=O)c2cc(-c3ccc(C(C)CC)cc3)nc3ccccc23)cc1OC. The van der Waals surface area contributed by atoms with E-state index < -0.39 is 0 Å². The molecule has 6 heteroatoms. The van der Waals surface area contributed by atoms with Crippen molar-refractivity contribution in [3.63, 3.8) is 0 Å². The number of pyridine rings is 1. The molecule has 0 bridgehead atoms. The number of benzene rings is 3. The van der Waals surface area contributed by atoms with Gasteiger partial charge < -0.3 is 9.47 Å². The average Bonchev–Trinajstić information content (AvgIpc) is 2.95. The first-order valence-electron chi connectivity index (χ1n) is 12.7. The summed E-state index contributed by atoms with van der Waals surface area (Å²) < 4.78 is 11.1. The standard InChI is InChI=1S/C31H33N3O3/c1-5-17-37-29-16-11-22(18-30(29)36-4)20-32-34-31(35)26-19-28(33-27-10-8-7-9-25(26)27)24-14-12-23(13-15-24)21(3)6-2/h7-16,18-21H,5-6,17H2,1-4H3,(H,34,35)/b32-20-. The molecule has 1 unspecified atom stereocenters. The highest BCUT2D eigenvalue weighted by atomic mass is 16.5. The number of hydrazone groups is 1. The van der Waals surface area contributed by atoms with Crippen LogP contribution < -0.4 is 14.9 Å². The van der Waals surface area contributed by atoms with Gasteiger partial charge in [-0.05, 0) is 60.2 Å². The van der Waals surface area contributed by atoms with Crippen LogP contribution in [-0.2, 0) is 0 Å². The molecule has 0 fully saturated rings. The van der Waals surface area contributed by atoms with Gasteiger partial charge in [-0.2, -0.15) is 5.10 Å². The lowest BCUT2D eigenvalue weighted by Crippen LogP contribution is -2.18. The van der Waals surface area contributed by atoms with Crippen molar-refractivity contribution >= 4 is 23.0 Å². The largest absolute Gasteiger partial charge is 0.493 e. The van der Waals surface area contributed by atoms with E-state index in [1.165, 1.54) is 5.56 Å². The first-order valence-corrected chi connectivity index (χ1v) is 12.7. The molecule has 0 radical (unpaired) electrons. The number of hydrogen-bond donors (Lipinski definition) is 1. The average molecular weight is 496 g/mol. The van der Waals surface area contributed by atoms with Crippen LogP contribution in [0.5, 0.6) is 11.5 Å². The molecule has 4 aromatic rings. The van der Waals surface area contributed by atoms with Crippen molar-refractivity contribution in [2.24, 2.45) is 5.10 Å². The number of methoxy groups -OCH3 is 1. The van der Waals surface area contributed by atoms with Crippen LogP contribution >= 0.6 is 0 Å². The van der Waals surface area contributed by atoms with Crippen LogP contribution in [0.4, 0.5) is 0 Å². The quantitative estimate of drug-likeness (QED) is 0.190. The van der Waals surface area contributed by atoms with Gasteiger partial charge in [-0.15, -0.1) is 0 Å². The summed E-state index contributed by atoms with van der Waals surface area (Å²) in [7, 11) is 1.60. The van der Waals surface area contributed by atoms with E-state index in [0.717, 1.165) is 40.6 Å². The zero-order chi connectivity index (χ0) is 26.2. The Morgan fingerprint density at radius 1 is 1.03 bits per heavy atom. The first-order chi connectivity index (χ1) is 18.0. The van der Waals surface area contributed by atoms with Gasteiger partial charge in [0.15, 0.2) is 11.5 Å². The van der Waals surface area contributed by atoms with E-state index in [-0.39, 0.29) is 5.91 Å². The van der Waals surface area contributed by atoms with E-state index in [2.05, 4.69) is 55.6 Å². The first kappa shape index (κ1) is 25.9. The molecule has 0 aliphatic heterocycles. The third-order valence-corrected chi connectivity index (χ3v) is 6.38. The number of para-hydroxylation sites is 1. The minimum atomic E-state index is -0.304. The predicted octanol–water partition coefficient (Wildman–Crippen LogP) is 6.98. The third-order valence-electron chi connectivity index (χ3n) is 6.38. The summed E-state index contributed by atoms with van der Waals surface area (Å²) in [5.74, 6) is 1.49. The predicted molar refractivity (Wildman–Crippen MR) is 150 cm³/mol. The summed E-state index contributed by atoms with van der Waals surface area (Å²) in [5, 5.41) is 4.97. The second-order valence-electron chi connectivity index (χ2n) is 8.96. The zero-order valence-corrected chi connectivity index (χ0v) is 21.8. The highest BCUT2D eigenvalue weighted by Crippen LogP contribution is 2.28. The molecule has 37 heavy (non-hydrogen) atoms. The molecule has 0 aliphatic carbocycles. The fourth-order valence-electron chi connectivity index (χ4n) is 4.05. The molecule has 1 amide bonds. The van der Waals surface area contributed by atoms with E-state index in [4.69, 9.17) is 14.5 Å². The summed E-state index contributed by atoms with van der Waals surface area (Å²) in [6.45, 7) is 7.07. The van der Waals surface area contributed by atoms with Crippen LogP contribution in [0.3, 0.4) is 0 Å². The van der Waals surface area contributed by atoms with Crippen LogP contribution in [0.1, 0.15) is 61.0 Å². The van der Waals surface area contributed by atoms with Crippen molar-refractivity contribution in [3.8, 4) is 22.8 Å². The molecule has 4 rings (SSSR count). The lowest BCUT2D eigenvalue weighted by atomic mass is 9.96. The Kier molecular flexibility index (Phi) is 8.52. The van der Waals surface area contributed by atoms with E-state index >= 15 is 0 Å². The number of hydrogen-bond acceptors (Lipinski definition) is 5. The van der Waals surface area contributed by atoms with Gasteiger partial charge in [0.1, 0.15) is 0 Å². The third kappa shape index (κ3) is 6.15. The number of rotatable bonds is 10. The topological polar surface area (TPSA) is 72.8 Å². The summed E-state index contributed by atoms with van der Waals surface area (Å²) in [4.78, 5) is 18.0. The van der Waals surface area contributed by atoms with E-state index in [0.29, 0.717) is 29.6 Å². The van der Waals surface area contributed by atoms with Gasteiger partial charge in [-0.1, -0.05) is 63.2 Å². The number of fused-ring (bicyclic) bond motifs is 1. The summed E-state index contributed by atoms with van der Waals surface area (Å²) in [5.41, 5.74) is 7.73. The Morgan fingerprint density at radius 3 is 2.54 bits per heavy atom. The maximum absolute atomic E-state index is 13.2. The highest BCUT2D eigenvalue weighted by molar-refractivity contribution is 6.07. The number of amides is 1. The molecular weight excluding hydrogens is 462 g/mol. The van der Waals surface area contributed by atoms with E-state index in [1.807, 2.05) is 48.5 Å². The van der Waals surface area contributed by atoms with Crippen molar-refractivity contribution in [1.29, 1.82) is 0 Å². The monoisotopic (exact) mass is 495 g/mol. The second-order valence-corrected chi connectivity index (χ2v) is 8.96. The van der Waals surface area contributed by atoms with Crippen LogP contribution in [0, 0.1) is 0 Å². The maximum atomic E-state index is 13.2. The maximum Gasteiger partial charge on any atom is 0.272 e. The Morgan fingerprint density at radius 2 is 1.81 bits per heavy atom. The van der Waals surface area contributed by atoms with Crippen LogP contribution in [0.15, 0.2) is 77.9 Å². The van der Waals surface area contributed by atoms with Crippen molar-refractivity contribution in [3.05, 3.63) is 89.5 Å². The van der Waals surface area contributed by atoms with Crippen LogP contribution in [0.25, 0.3) is 22.2 Å². The molecule has 1 aromatic heterocycles. The fraction of sp³-hybridized carbons (Fsp3) is 0.258. The number of aromatic nitrogens is 1. The molecule has 0 saturated heterocycles. The molecule has 1 heterocycles. The smallest absolute Gasteiger partial charge is 0.272 e. The van der Waals surface area contributed by atoms with Gasteiger partial charge >= 0.3 is 0 Å². The van der Waals surface area contributed by atoms with Crippen molar-refractivity contribution < 1.29 is 14.3 Å². The number of ether oxygens (including phenoxy) is 2. The number of carbonyl (C=O) groups is 1. The molecule has 1 atom stereocenters. The van der Waals surface area contributed by atoms with Crippen LogP contribution in [-0.4, -0.2) is 30.8 Å². The van der Waals surface area contributed by atoms with Gasteiger partial charge in [-0.25, -0.2) is 10.4 Å². The molecule has 0 aliphatic rings. The molecule has 0 saturated carbocycles. The second kappa shape index (κ2) is 12.2. The normalized spacial score (nSPS) is 12.0. The van der Waals surface area contributed by atoms with Crippen molar-refractivity contribution in [2.45, 2.75) is 39.5 Å². The molecule has 0 spiro atoms. The summed E-state index contributed by atoms with van der Waals surface area (Å²) in [6.07, 6.45) is 3.58. The van der Waals surface area contributed by atoms with Crippen molar-refractivity contribution in [2.75, 3.05) is 13.7 Å². The van der Waals surface area contributed by atoms with Gasteiger partial charge in [0.05, 0.1) is 36.7 Å². The number of nitrogens with zero attached hydrogens (tertiary/aromatic N) is 2. The Hall–Kier alpha value is -4.19. The minimum absolute atomic E-state index is 0.304. The van der Waals surface area contributed by atoms with Crippen LogP contribution in [0.2, 0.25) is 0 Å². The van der Waals surface area contributed by atoms with Gasteiger partial charge in [0.25, 0.3) is 5.91 Å². The Balaban J connectivity index is 1.58. The van der Waals surface area contributed by atoms with Gasteiger partial charge in [0.2, 0.25) is 0 Å². The van der Waals surface area contributed by atoms with Crippen molar-refractivity contribution in [1.82, 2.24) is 10.4 Å². The Labute approximate surface area is 218 Å². The molecule has 6 nitrogen and oxygen atoms in total. The lowest BCUT2D eigenvalue weighted by Gasteiger charge is -2.12. The van der Waals surface area contributed by atoms with E-state index in [9.17, 15) is 4.79 Å². The Bertz CT molecular complexity index is 1400. The van der Waals surface area contributed by atoms with Gasteiger partial charge in [0, 0.05) is 10.9 Å². The molecule has 1 N–H and O–H groups in total. The molecule has 190 valence electrons. The zero-order valence-electron chi connectivity index (χ0n) is 21.8. The summed E-state index contributed by atoms with van der Waals surface area (Å²) >= 11 is 0. The molecule has 3 aromatic carbocycles. The number of carbonyl (C=O) groups excluding carboxylic acids is 1. The number of nitrogens with one attached hydrogen (secondary N) is 1.